The van der Waals surface area contributed by atoms with Gasteiger partial charge in [0.25, 0.3) is 0 Å². The second-order valence-electron chi connectivity index (χ2n) is 3.08. The summed E-state index contributed by atoms with van der Waals surface area (Å²) in [7, 11) is 0. The second kappa shape index (κ2) is 7.02. The van der Waals surface area contributed by atoms with Crippen molar-refractivity contribution in [2.45, 2.75) is 30.6 Å². The molecule has 1 aromatic rings. The maximum atomic E-state index is 3.83. The van der Waals surface area contributed by atoms with Crippen LogP contribution in [0.1, 0.15) is 25.7 Å². The molecular formula is C12H17S. The van der Waals surface area contributed by atoms with Crippen LogP contribution in [0.3, 0.4) is 0 Å². The first-order valence-electron chi connectivity index (χ1n) is 4.90. The van der Waals surface area contributed by atoms with Crippen molar-refractivity contribution >= 4 is 11.8 Å². The molecule has 0 aromatic heterocycles. The first-order chi connectivity index (χ1) is 6.43. The number of thioether (sulfide) groups is 1. The number of unbranched alkanes of at least 4 members (excludes halogenated alkanes) is 3. The van der Waals surface area contributed by atoms with E-state index in [0.717, 1.165) is 6.42 Å². The minimum absolute atomic E-state index is 1.08. The van der Waals surface area contributed by atoms with Gasteiger partial charge in [0.15, 0.2) is 0 Å². The fourth-order valence-corrected chi connectivity index (χ4v) is 2.10. The van der Waals surface area contributed by atoms with Crippen LogP contribution in [0, 0.1) is 6.92 Å². The summed E-state index contributed by atoms with van der Waals surface area (Å²) in [6.07, 6.45) is 4.99. The van der Waals surface area contributed by atoms with Crippen molar-refractivity contribution in [3.63, 3.8) is 0 Å². The van der Waals surface area contributed by atoms with Crippen LogP contribution in [-0.4, -0.2) is 5.75 Å². The molecule has 71 valence electrons. The molecule has 0 fully saturated rings. The highest BCUT2D eigenvalue weighted by Crippen LogP contribution is 2.18. The molecule has 0 aliphatic rings. The maximum absolute atomic E-state index is 3.83. The monoisotopic (exact) mass is 193 g/mol. The number of hydrogen-bond donors (Lipinski definition) is 0. The molecule has 13 heavy (non-hydrogen) atoms. The quantitative estimate of drug-likeness (QED) is 0.482. The lowest BCUT2D eigenvalue weighted by atomic mass is 10.2. The molecule has 0 heterocycles. The standard InChI is InChI=1S/C12H17S/c1-2-3-4-8-11-13-12-9-6-5-7-10-12/h5-7,9-10H,1-4,8,11H2. The zero-order valence-electron chi connectivity index (χ0n) is 8.04. The molecule has 0 N–H and O–H groups in total. The van der Waals surface area contributed by atoms with Crippen LogP contribution in [-0.2, 0) is 0 Å². The van der Waals surface area contributed by atoms with E-state index in [9.17, 15) is 0 Å². The van der Waals surface area contributed by atoms with Gasteiger partial charge in [0.2, 0.25) is 0 Å². The van der Waals surface area contributed by atoms with Gasteiger partial charge in [0, 0.05) is 4.90 Å². The molecule has 1 heteroatoms. The summed E-state index contributed by atoms with van der Waals surface area (Å²) in [5.74, 6) is 1.24. The van der Waals surface area contributed by atoms with Gasteiger partial charge in [-0.1, -0.05) is 44.4 Å². The van der Waals surface area contributed by atoms with Gasteiger partial charge in [-0.15, -0.1) is 11.8 Å². The molecule has 0 amide bonds. The zero-order chi connectivity index (χ0) is 9.36. The minimum atomic E-state index is 1.08. The van der Waals surface area contributed by atoms with Crippen LogP contribution in [0.4, 0.5) is 0 Å². The summed E-state index contributed by atoms with van der Waals surface area (Å²) in [6, 6.07) is 10.6. The van der Waals surface area contributed by atoms with Crippen LogP contribution in [0.2, 0.25) is 0 Å². The fourth-order valence-electron chi connectivity index (χ4n) is 1.16. The van der Waals surface area contributed by atoms with E-state index in [2.05, 4.69) is 37.3 Å². The minimum Gasteiger partial charge on any atom is -0.126 e. The molecule has 1 radical (unpaired) electrons. The Morgan fingerprint density at radius 2 is 1.77 bits per heavy atom. The van der Waals surface area contributed by atoms with Crippen molar-refractivity contribution in [3.8, 4) is 0 Å². The Kier molecular flexibility index (Phi) is 5.75. The molecule has 0 spiro atoms. The molecule has 0 unspecified atom stereocenters. The van der Waals surface area contributed by atoms with Gasteiger partial charge in [-0.25, -0.2) is 0 Å². The number of hydrogen-bond acceptors (Lipinski definition) is 1. The van der Waals surface area contributed by atoms with Gasteiger partial charge >= 0.3 is 0 Å². The van der Waals surface area contributed by atoms with Gasteiger partial charge in [-0.3, -0.25) is 0 Å². The molecule has 0 saturated carbocycles. The second-order valence-corrected chi connectivity index (χ2v) is 4.24. The van der Waals surface area contributed by atoms with Crippen molar-refractivity contribution in [2.24, 2.45) is 0 Å². The highest BCUT2D eigenvalue weighted by molar-refractivity contribution is 7.99. The van der Waals surface area contributed by atoms with Gasteiger partial charge in [0.1, 0.15) is 0 Å². The van der Waals surface area contributed by atoms with Crippen LogP contribution in [0.25, 0.3) is 0 Å². The van der Waals surface area contributed by atoms with Crippen LogP contribution in [0.15, 0.2) is 35.2 Å². The Morgan fingerprint density at radius 1 is 1.00 bits per heavy atom. The normalized spacial score (nSPS) is 10.2. The molecule has 0 bridgehead atoms. The third kappa shape index (κ3) is 4.99. The van der Waals surface area contributed by atoms with Gasteiger partial charge in [-0.2, -0.15) is 0 Å². The van der Waals surface area contributed by atoms with E-state index in [1.54, 1.807) is 0 Å². The van der Waals surface area contributed by atoms with E-state index in [0.29, 0.717) is 0 Å². The lowest BCUT2D eigenvalue weighted by molar-refractivity contribution is 0.733. The SMILES string of the molecule is [CH2]CCCCCSc1ccccc1. The average Bonchev–Trinajstić information content (AvgIpc) is 2.19. The molecular weight excluding hydrogens is 176 g/mol. The van der Waals surface area contributed by atoms with Crippen molar-refractivity contribution in [1.82, 2.24) is 0 Å². The summed E-state index contributed by atoms with van der Waals surface area (Å²) in [4.78, 5) is 1.39. The van der Waals surface area contributed by atoms with E-state index >= 15 is 0 Å². The first-order valence-corrected chi connectivity index (χ1v) is 5.89. The van der Waals surface area contributed by atoms with Crippen molar-refractivity contribution in [2.75, 3.05) is 5.75 Å². The summed E-state index contributed by atoms with van der Waals surface area (Å²) < 4.78 is 0. The lowest BCUT2D eigenvalue weighted by Gasteiger charge is -2.00. The third-order valence-corrected chi connectivity index (χ3v) is 3.00. The van der Waals surface area contributed by atoms with Crippen molar-refractivity contribution < 1.29 is 0 Å². The smallest absolute Gasteiger partial charge is 0.00719 e. The van der Waals surface area contributed by atoms with Crippen molar-refractivity contribution in [1.29, 1.82) is 0 Å². The topological polar surface area (TPSA) is 0 Å². The summed E-state index contributed by atoms with van der Waals surface area (Å²) in [5, 5.41) is 0. The molecule has 0 atom stereocenters. The van der Waals surface area contributed by atoms with Crippen LogP contribution < -0.4 is 0 Å². The summed E-state index contributed by atoms with van der Waals surface area (Å²) >= 11 is 1.95. The Labute approximate surface area is 85.7 Å². The average molecular weight is 193 g/mol. The van der Waals surface area contributed by atoms with Gasteiger partial charge < -0.3 is 0 Å². The van der Waals surface area contributed by atoms with E-state index < -0.39 is 0 Å². The molecule has 0 saturated heterocycles. The fraction of sp³-hybridized carbons (Fsp3) is 0.417. The van der Waals surface area contributed by atoms with E-state index in [1.807, 2.05) is 11.8 Å². The molecule has 0 aliphatic heterocycles. The lowest BCUT2D eigenvalue weighted by Crippen LogP contribution is -1.80. The Balaban J connectivity index is 2.07. The number of rotatable bonds is 6. The maximum Gasteiger partial charge on any atom is 0.00719 e. The summed E-state index contributed by atoms with van der Waals surface area (Å²) in [5.41, 5.74) is 0. The van der Waals surface area contributed by atoms with Crippen LogP contribution in [0.5, 0.6) is 0 Å². The first kappa shape index (κ1) is 10.6. The third-order valence-electron chi connectivity index (χ3n) is 1.91. The van der Waals surface area contributed by atoms with E-state index in [1.165, 1.54) is 29.9 Å². The van der Waals surface area contributed by atoms with Crippen LogP contribution >= 0.6 is 11.8 Å². The molecule has 0 nitrogen and oxygen atoms in total. The molecule has 1 rings (SSSR count). The predicted octanol–water partition coefficient (Wildman–Crippen LogP) is 4.17. The largest absolute Gasteiger partial charge is 0.126 e. The van der Waals surface area contributed by atoms with Gasteiger partial charge in [-0.05, 0) is 24.3 Å². The Bertz CT molecular complexity index is 206. The molecule has 1 aromatic carbocycles. The Morgan fingerprint density at radius 3 is 2.46 bits per heavy atom. The highest BCUT2D eigenvalue weighted by Gasteiger charge is 1.91. The van der Waals surface area contributed by atoms with Gasteiger partial charge in [0.05, 0.1) is 0 Å². The zero-order valence-corrected chi connectivity index (χ0v) is 8.85. The van der Waals surface area contributed by atoms with E-state index in [4.69, 9.17) is 0 Å². The summed E-state index contributed by atoms with van der Waals surface area (Å²) in [6.45, 7) is 3.83. The van der Waals surface area contributed by atoms with E-state index in [-0.39, 0.29) is 0 Å². The molecule has 0 aliphatic carbocycles. The Hall–Kier alpha value is -0.430. The highest BCUT2D eigenvalue weighted by atomic mass is 32.2. The number of benzene rings is 1. The predicted molar refractivity (Wildman–Crippen MR) is 61.0 cm³/mol. The van der Waals surface area contributed by atoms with Crippen molar-refractivity contribution in [3.05, 3.63) is 37.3 Å².